The Bertz CT molecular complexity index is 419. The fourth-order valence-electron chi connectivity index (χ4n) is 1.95. The van der Waals surface area contributed by atoms with Gasteiger partial charge in [0.2, 0.25) is 0 Å². The number of nitrogens with one attached hydrogen (secondary N) is 1. The van der Waals surface area contributed by atoms with Gasteiger partial charge in [0.1, 0.15) is 0 Å². The van der Waals surface area contributed by atoms with Crippen molar-refractivity contribution >= 4 is 28.3 Å². The van der Waals surface area contributed by atoms with Crippen LogP contribution < -0.4 is 14.8 Å². The molecule has 1 aromatic rings. The number of hydrogen-bond donors (Lipinski definition) is 1. The Morgan fingerprint density at radius 3 is 2.41 bits per heavy atom. The largest absolute Gasteiger partial charge is 0.490 e. The zero-order chi connectivity index (χ0) is 15.5. The Hall–Kier alpha value is -0.490. The Kier molecular flexibility index (Phi) is 12.7. The molecule has 0 radical (unpaired) electrons. The van der Waals surface area contributed by atoms with Gasteiger partial charge in [-0.05, 0) is 67.4 Å². The Morgan fingerprint density at radius 1 is 1.05 bits per heavy atom. The lowest BCUT2D eigenvalue weighted by atomic mass is 10.2. The van der Waals surface area contributed by atoms with Crippen LogP contribution in [0.3, 0.4) is 0 Å². The topological polar surface area (TPSA) is 39.7 Å². The third-order valence-electron chi connectivity index (χ3n) is 2.83. The summed E-state index contributed by atoms with van der Waals surface area (Å²) in [4.78, 5) is 0. The smallest absolute Gasteiger partial charge is 0.175 e. The molecular weight excluding hydrogens is 370 g/mol. The van der Waals surface area contributed by atoms with Crippen LogP contribution in [0.2, 0.25) is 0 Å². The number of halogens is 2. The third kappa shape index (κ3) is 7.68. The molecule has 6 heteroatoms. The number of rotatable bonds is 11. The SMILES string of the molecule is CCOCCCNCc1cc(Br)c(OCC)c(OCC)c1.Cl. The Labute approximate surface area is 148 Å². The van der Waals surface area contributed by atoms with E-state index in [9.17, 15) is 0 Å². The minimum absolute atomic E-state index is 0. The van der Waals surface area contributed by atoms with E-state index < -0.39 is 0 Å². The molecule has 0 aliphatic carbocycles. The predicted molar refractivity (Wildman–Crippen MR) is 96.5 cm³/mol. The molecule has 1 N–H and O–H groups in total. The molecule has 1 rings (SSSR count). The number of benzene rings is 1. The van der Waals surface area contributed by atoms with Crippen molar-refractivity contribution in [3.63, 3.8) is 0 Å². The van der Waals surface area contributed by atoms with Crippen molar-refractivity contribution in [1.29, 1.82) is 0 Å². The molecule has 0 saturated heterocycles. The fourth-order valence-corrected chi connectivity index (χ4v) is 2.55. The minimum Gasteiger partial charge on any atom is -0.490 e. The summed E-state index contributed by atoms with van der Waals surface area (Å²) in [6.07, 6.45) is 1.02. The lowest BCUT2D eigenvalue weighted by molar-refractivity contribution is 0.144. The molecule has 0 atom stereocenters. The average Bonchev–Trinajstić information content (AvgIpc) is 2.46. The van der Waals surface area contributed by atoms with Crippen LogP contribution in [0.4, 0.5) is 0 Å². The van der Waals surface area contributed by atoms with Crippen LogP contribution in [0, 0.1) is 0 Å². The molecule has 0 unspecified atom stereocenters. The first-order valence-corrected chi connectivity index (χ1v) is 8.38. The molecule has 0 heterocycles. The van der Waals surface area contributed by atoms with Crippen LogP contribution in [0.1, 0.15) is 32.8 Å². The molecule has 1 aromatic carbocycles. The van der Waals surface area contributed by atoms with Crippen molar-refractivity contribution in [3.8, 4) is 11.5 Å². The first kappa shape index (κ1) is 21.5. The van der Waals surface area contributed by atoms with E-state index in [2.05, 4.69) is 27.3 Å². The van der Waals surface area contributed by atoms with Gasteiger partial charge in [0.15, 0.2) is 11.5 Å². The molecule has 0 saturated carbocycles. The number of ether oxygens (including phenoxy) is 3. The van der Waals surface area contributed by atoms with E-state index in [1.807, 2.05) is 26.8 Å². The van der Waals surface area contributed by atoms with Crippen molar-refractivity contribution in [1.82, 2.24) is 5.32 Å². The average molecular weight is 397 g/mol. The maximum absolute atomic E-state index is 5.67. The monoisotopic (exact) mass is 395 g/mol. The highest BCUT2D eigenvalue weighted by atomic mass is 79.9. The van der Waals surface area contributed by atoms with Gasteiger partial charge in [-0.3, -0.25) is 0 Å². The summed E-state index contributed by atoms with van der Waals surface area (Å²) >= 11 is 3.56. The molecule has 128 valence electrons. The first-order valence-electron chi connectivity index (χ1n) is 7.59. The summed E-state index contributed by atoms with van der Waals surface area (Å²) in [6.45, 7) is 10.5. The van der Waals surface area contributed by atoms with Gasteiger partial charge in [-0.2, -0.15) is 0 Å². The molecule has 0 amide bonds. The van der Waals surface area contributed by atoms with E-state index in [4.69, 9.17) is 14.2 Å². The minimum atomic E-state index is 0. The van der Waals surface area contributed by atoms with Crippen molar-refractivity contribution in [2.75, 3.05) is 33.0 Å². The molecule has 0 aliphatic heterocycles. The van der Waals surface area contributed by atoms with Crippen LogP contribution in [0.25, 0.3) is 0 Å². The summed E-state index contributed by atoms with van der Waals surface area (Å²) in [5.74, 6) is 1.57. The predicted octanol–water partition coefficient (Wildman–Crippen LogP) is 4.18. The highest BCUT2D eigenvalue weighted by molar-refractivity contribution is 9.10. The van der Waals surface area contributed by atoms with Gasteiger partial charge in [0.05, 0.1) is 17.7 Å². The second-order valence-corrected chi connectivity index (χ2v) is 5.35. The van der Waals surface area contributed by atoms with Crippen LogP contribution >= 0.6 is 28.3 Å². The van der Waals surface area contributed by atoms with Crippen LogP contribution in [0.5, 0.6) is 11.5 Å². The lowest BCUT2D eigenvalue weighted by Gasteiger charge is -2.15. The number of hydrogen-bond acceptors (Lipinski definition) is 4. The molecule has 0 aliphatic rings. The van der Waals surface area contributed by atoms with Gasteiger partial charge in [0.25, 0.3) is 0 Å². The summed E-state index contributed by atoms with van der Waals surface area (Å²) in [6, 6.07) is 4.11. The van der Waals surface area contributed by atoms with Crippen LogP contribution in [-0.4, -0.2) is 33.0 Å². The quantitative estimate of drug-likeness (QED) is 0.569. The fraction of sp³-hybridized carbons (Fsp3) is 0.625. The second-order valence-electron chi connectivity index (χ2n) is 4.50. The van der Waals surface area contributed by atoms with E-state index >= 15 is 0 Å². The van der Waals surface area contributed by atoms with E-state index in [-0.39, 0.29) is 12.4 Å². The standard InChI is InChI=1S/C16H26BrNO3.ClH/c1-4-19-9-7-8-18-12-13-10-14(17)16(21-6-3)15(11-13)20-5-2;/h10-11,18H,4-9,12H2,1-3H3;1H. The summed E-state index contributed by atoms with van der Waals surface area (Å²) in [5, 5.41) is 3.41. The highest BCUT2D eigenvalue weighted by Gasteiger charge is 2.11. The zero-order valence-electron chi connectivity index (χ0n) is 13.6. The van der Waals surface area contributed by atoms with Crippen molar-refractivity contribution < 1.29 is 14.2 Å². The van der Waals surface area contributed by atoms with E-state index in [1.165, 1.54) is 5.56 Å². The van der Waals surface area contributed by atoms with Crippen molar-refractivity contribution in [2.24, 2.45) is 0 Å². The summed E-state index contributed by atoms with van der Waals surface area (Å²) in [5.41, 5.74) is 1.17. The van der Waals surface area contributed by atoms with Crippen LogP contribution in [0.15, 0.2) is 16.6 Å². The van der Waals surface area contributed by atoms with Gasteiger partial charge in [-0.15, -0.1) is 12.4 Å². The van der Waals surface area contributed by atoms with Crippen molar-refractivity contribution in [3.05, 3.63) is 22.2 Å². The van der Waals surface area contributed by atoms with Gasteiger partial charge >= 0.3 is 0 Å². The summed E-state index contributed by atoms with van der Waals surface area (Å²) in [7, 11) is 0. The van der Waals surface area contributed by atoms with Gasteiger partial charge in [0, 0.05) is 19.8 Å². The molecule has 4 nitrogen and oxygen atoms in total. The van der Waals surface area contributed by atoms with E-state index in [1.54, 1.807) is 0 Å². The maximum Gasteiger partial charge on any atom is 0.175 e. The van der Waals surface area contributed by atoms with E-state index in [0.717, 1.165) is 48.7 Å². The van der Waals surface area contributed by atoms with Gasteiger partial charge in [-0.1, -0.05) is 0 Å². The van der Waals surface area contributed by atoms with Crippen LogP contribution in [-0.2, 0) is 11.3 Å². The molecule has 0 spiro atoms. The Balaban J connectivity index is 0.00000441. The second kappa shape index (κ2) is 13.0. The molecule has 0 aromatic heterocycles. The van der Waals surface area contributed by atoms with Crippen molar-refractivity contribution in [2.45, 2.75) is 33.7 Å². The lowest BCUT2D eigenvalue weighted by Crippen LogP contribution is -2.16. The maximum atomic E-state index is 5.67. The van der Waals surface area contributed by atoms with Gasteiger partial charge in [-0.25, -0.2) is 0 Å². The third-order valence-corrected chi connectivity index (χ3v) is 3.42. The normalized spacial score (nSPS) is 10.2. The highest BCUT2D eigenvalue weighted by Crippen LogP contribution is 2.36. The molecular formula is C16H27BrClNO3. The van der Waals surface area contributed by atoms with Gasteiger partial charge < -0.3 is 19.5 Å². The zero-order valence-corrected chi connectivity index (χ0v) is 16.0. The summed E-state index contributed by atoms with van der Waals surface area (Å²) < 4.78 is 17.6. The van der Waals surface area contributed by atoms with E-state index in [0.29, 0.717) is 13.2 Å². The first-order chi connectivity index (χ1) is 10.2. The molecule has 22 heavy (non-hydrogen) atoms. The molecule has 0 bridgehead atoms. The Morgan fingerprint density at radius 2 is 1.77 bits per heavy atom. The molecule has 0 fully saturated rings.